The molecule has 0 radical (unpaired) electrons. The topological polar surface area (TPSA) is 384 Å². The van der Waals surface area contributed by atoms with Crippen LogP contribution in [0.1, 0.15) is 102 Å². The van der Waals surface area contributed by atoms with E-state index in [2.05, 4.69) is 20.9 Å². The van der Waals surface area contributed by atoms with Crippen LogP contribution in [0.25, 0.3) is 10.9 Å². The lowest BCUT2D eigenvalue weighted by Gasteiger charge is -2.26. The van der Waals surface area contributed by atoms with E-state index in [1.807, 2.05) is 0 Å². The number of aliphatic carboxylic acids is 5. The third-order valence-electron chi connectivity index (χ3n) is 11.9. The van der Waals surface area contributed by atoms with Gasteiger partial charge in [-0.2, -0.15) is 0 Å². The van der Waals surface area contributed by atoms with Crippen molar-refractivity contribution in [3.05, 3.63) is 71.9 Å². The summed E-state index contributed by atoms with van der Waals surface area (Å²) in [6.45, 7) is 1.16. The molecule has 0 spiro atoms. The van der Waals surface area contributed by atoms with Gasteiger partial charge in [0, 0.05) is 86.2 Å². The van der Waals surface area contributed by atoms with Crippen LogP contribution in [-0.2, 0) is 70.4 Å². The summed E-state index contributed by atoms with van der Waals surface area (Å²) in [6.07, 6.45) is -5.38. The number of carboxylic acids is 5. The summed E-state index contributed by atoms with van der Waals surface area (Å²) >= 11 is 0. The maximum atomic E-state index is 14.4. The van der Waals surface area contributed by atoms with E-state index in [9.17, 15) is 78.0 Å². The first-order valence-electron chi connectivity index (χ1n) is 23.0. The molecule has 11 N–H and O–H groups in total. The molecule has 3 rings (SSSR count). The van der Waals surface area contributed by atoms with Gasteiger partial charge in [0.1, 0.15) is 5.78 Å². The van der Waals surface area contributed by atoms with Gasteiger partial charge in [-0.25, -0.2) is 0 Å². The number of benzene rings is 2. The predicted octanol–water partition coefficient (Wildman–Crippen LogP) is 2.37. The lowest BCUT2D eigenvalue weighted by atomic mass is 9.87. The van der Waals surface area contributed by atoms with Crippen LogP contribution in [0.15, 0.2) is 60.8 Å². The number of fused-ring (bicyclic) bond motifs is 1. The van der Waals surface area contributed by atoms with Gasteiger partial charge >= 0.3 is 29.8 Å². The largest absolute Gasteiger partial charge is 0.481 e. The van der Waals surface area contributed by atoms with Crippen molar-refractivity contribution in [3.8, 4) is 0 Å². The van der Waals surface area contributed by atoms with Crippen molar-refractivity contribution in [1.82, 2.24) is 20.9 Å². The molecule has 0 saturated carbocycles. The molecule has 0 saturated heterocycles. The molecule has 1 aromatic heterocycles. The van der Waals surface area contributed by atoms with E-state index in [1.165, 1.54) is 0 Å². The number of aromatic nitrogens is 1. The second-order valence-corrected chi connectivity index (χ2v) is 17.4. The zero-order valence-electron chi connectivity index (χ0n) is 39.1. The van der Waals surface area contributed by atoms with E-state index < -0.39 is 183 Å². The minimum Gasteiger partial charge on any atom is -0.481 e. The highest BCUT2D eigenvalue weighted by Gasteiger charge is 2.35. The molecule has 3 aromatic rings. The molecule has 22 heteroatoms. The van der Waals surface area contributed by atoms with Crippen LogP contribution in [0.5, 0.6) is 0 Å². The number of carboxylic acid groups (broad SMARTS) is 5. The fraction of sp³-hybridized carbons (Fsp3) is 0.469. The molecule has 2 aromatic carbocycles. The predicted molar refractivity (Wildman–Crippen MR) is 250 cm³/mol. The Hall–Kier alpha value is -7.62. The second kappa shape index (κ2) is 28.8. The molecule has 1 heterocycles. The summed E-state index contributed by atoms with van der Waals surface area (Å²) < 4.78 is 0. The summed E-state index contributed by atoms with van der Waals surface area (Å²) in [5.41, 5.74) is 7.66. The van der Waals surface area contributed by atoms with Crippen LogP contribution < -0.4 is 21.7 Å². The number of rotatable bonds is 35. The minimum atomic E-state index is -1.62. The van der Waals surface area contributed by atoms with Crippen molar-refractivity contribution in [3.63, 3.8) is 0 Å². The smallest absolute Gasteiger partial charge is 0.303 e. The summed E-state index contributed by atoms with van der Waals surface area (Å²) in [5.74, 6) is -16.2. The number of para-hydroxylation sites is 1. The lowest BCUT2D eigenvalue weighted by Crippen LogP contribution is -2.49. The molecule has 0 aliphatic rings. The lowest BCUT2D eigenvalue weighted by molar-refractivity contribution is -0.140. The van der Waals surface area contributed by atoms with Crippen molar-refractivity contribution in [1.29, 1.82) is 0 Å². The van der Waals surface area contributed by atoms with Crippen LogP contribution in [0.3, 0.4) is 0 Å². The number of amides is 3. The van der Waals surface area contributed by atoms with Crippen molar-refractivity contribution in [2.75, 3.05) is 0 Å². The molecule has 71 heavy (non-hydrogen) atoms. The zero-order valence-corrected chi connectivity index (χ0v) is 39.1. The highest BCUT2D eigenvalue weighted by atomic mass is 16.4. The van der Waals surface area contributed by atoms with Gasteiger partial charge in [0.05, 0.1) is 24.2 Å². The van der Waals surface area contributed by atoms with Gasteiger partial charge in [0.15, 0.2) is 17.3 Å². The molecular formula is C49H61N5O17. The third-order valence-corrected chi connectivity index (χ3v) is 11.9. The van der Waals surface area contributed by atoms with Crippen LogP contribution in [-0.4, -0.2) is 125 Å². The van der Waals surface area contributed by atoms with E-state index in [0.717, 1.165) is 6.92 Å². The molecular weight excluding hydrogens is 931 g/mol. The van der Waals surface area contributed by atoms with Crippen LogP contribution in [0.4, 0.5) is 0 Å². The number of carbonyl (C=O) groups excluding carboxylic acids is 7. The molecule has 0 fully saturated rings. The number of nitrogens with one attached hydrogen (secondary N) is 4. The first-order valence-corrected chi connectivity index (χ1v) is 23.0. The minimum absolute atomic E-state index is 0.0951. The summed E-state index contributed by atoms with van der Waals surface area (Å²) in [6, 6.07) is 9.56. The van der Waals surface area contributed by atoms with Gasteiger partial charge < -0.3 is 52.2 Å². The summed E-state index contributed by atoms with van der Waals surface area (Å²) in [4.78, 5) is 157. The molecule has 0 unspecified atom stereocenters. The summed E-state index contributed by atoms with van der Waals surface area (Å²) in [7, 11) is 0. The molecule has 22 nitrogen and oxygen atoms in total. The third kappa shape index (κ3) is 20.5. The Morgan fingerprint density at radius 1 is 0.493 bits per heavy atom. The fourth-order valence-electron chi connectivity index (χ4n) is 7.88. The zero-order chi connectivity index (χ0) is 52.8. The first-order chi connectivity index (χ1) is 33.5. The van der Waals surface area contributed by atoms with Gasteiger partial charge in [0.25, 0.3) is 0 Å². The monoisotopic (exact) mass is 991 g/mol. The Labute approximate surface area is 407 Å². The Bertz CT molecular complexity index is 2420. The number of aromatic amines is 1. The van der Waals surface area contributed by atoms with Gasteiger partial charge in [-0.05, 0) is 69.1 Å². The van der Waals surface area contributed by atoms with Crippen molar-refractivity contribution in [2.24, 2.45) is 23.5 Å². The van der Waals surface area contributed by atoms with Gasteiger partial charge in [0.2, 0.25) is 17.7 Å². The standard InChI is InChI=1S/C49H61N5O17/c1-27(55)35(13-18-44(63)64)52-49(71)31(22-32-26-51-36-10-6-5-9-33(32)36)25-41(58)38(15-20-46(67)68)54-48(70)30(21-28-7-3-2-4-8-28)24-40(57)37(14-19-45(65)66)53-47(69)29(11-16-42(59)60)23-39(56)34(50)12-17-43(61)62/h2-10,26,29-31,34-35,37-38,51H,11-25,50H2,1H3,(H,52,71)(H,53,69)(H,54,70)(H,59,60)(H,61,62)(H,63,64)(H,65,66)(H,67,68)/t29-,30-,31-,34+,35+,37+,38+/m1/s1. The van der Waals surface area contributed by atoms with Gasteiger partial charge in [-0.3, -0.25) is 57.5 Å². The number of nitrogens with two attached hydrogens (primary N) is 1. The Kier molecular flexibility index (Phi) is 23.4. The quantitative estimate of drug-likeness (QED) is 0.0404. The number of carbonyl (C=O) groups is 12. The van der Waals surface area contributed by atoms with Crippen molar-refractivity contribution >= 4 is 81.6 Å². The van der Waals surface area contributed by atoms with Gasteiger partial charge in [-0.15, -0.1) is 0 Å². The average molecular weight is 992 g/mol. The van der Waals surface area contributed by atoms with Gasteiger partial charge in [-0.1, -0.05) is 48.5 Å². The number of hydrogen-bond donors (Lipinski definition) is 10. The molecule has 3 amide bonds. The van der Waals surface area contributed by atoms with Crippen LogP contribution in [0, 0.1) is 17.8 Å². The van der Waals surface area contributed by atoms with E-state index in [-0.39, 0.29) is 25.7 Å². The number of Topliss-reactive ketones (excluding diaryl/α,β-unsaturated/α-hetero) is 4. The maximum Gasteiger partial charge on any atom is 0.303 e. The molecule has 0 bridgehead atoms. The highest BCUT2D eigenvalue weighted by Crippen LogP contribution is 2.25. The first kappa shape index (κ1) is 57.7. The normalized spacial score (nSPS) is 14.1. The van der Waals surface area contributed by atoms with Crippen LogP contribution >= 0.6 is 0 Å². The van der Waals surface area contributed by atoms with E-state index in [1.54, 1.807) is 60.8 Å². The van der Waals surface area contributed by atoms with E-state index in [0.29, 0.717) is 22.0 Å². The van der Waals surface area contributed by atoms with E-state index >= 15 is 0 Å². The van der Waals surface area contributed by atoms with Crippen LogP contribution in [0.2, 0.25) is 0 Å². The maximum absolute atomic E-state index is 14.4. The summed E-state index contributed by atoms with van der Waals surface area (Å²) in [5, 5.41) is 55.0. The Morgan fingerprint density at radius 2 is 0.901 bits per heavy atom. The highest BCUT2D eigenvalue weighted by molar-refractivity contribution is 5.98. The SMILES string of the molecule is CC(=O)[C@H](CCC(=O)O)NC(=O)[C@@H](CC(=O)[C@H](CCC(=O)O)NC(=O)[C@@H](CC(=O)[C@H](CCC(=O)O)NC(=O)[C@H](CCC(=O)O)CC(=O)[C@@H](N)CCC(=O)O)Cc1ccccc1)Cc1c[nH]c2ccccc12. The van der Waals surface area contributed by atoms with Crippen molar-refractivity contribution in [2.45, 2.75) is 127 Å². The molecule has 0 aliphatic carbocycles. The van der Waals surface area contributed by atoms with Crippen molar-refractivity contribution < 1.29 is 83.1 Å². The number of ketones is 4. The number of H-pyrrole nitrogens is 1. The molecule has 384 valence electrons. The molecule has 7 atom stereocenters. The second-order valence-electron chi connectivity index (χ2n) is 17.4. The Morgan fingerprint density at radius 3 is 1.41 bits per heavy atom. The number of hydrogen-bond acceptors (Lipinski definition) is 13. The van der Waals surface area contributed by atoms with E-state index in [4.69, 9.17) is 10.8 Å². The average Bonchev–Trinajstić information content (AvgIpc) is 3.72. The molecule has 0 aliphatic heterocycles. The fourth-order valence-corrected chi connectivity index (χ4v) is 7.88. The Balaban J connectivity index is 1.98.